The van der Waals surface area contributed by atoms with Gasteiger partial charge < -0.3 is 14.2 Å². The highest BCUT2D eigenvalue weighted by molar-refractivity contribution is 5.91. The minimum atomic E-state index is -0.177. The lowest BCUT2D eigenvalue weighted by Gasteiger charge is -2.45. The molecule has 1 aromatic heterocycles. The van der Waals surface area contributed by atoms with Gasteiger partial charge in [0, 0.05) is 38.0 Å². The van der Waals surface area contributed by atoms with Crippen LogP contribution in [0, 0.1) is 11.3 Å². The number of amides is 1. The first kappa shape index (κ1) is 10.5. The molecule has 4 heteroatoms. The van der Waals surface area contributed by atoms with E-state index < -0.39 is 0 Å². The molecule has 4 nitrogen and oxygen atoms in total. The summed E-state index contributed by atoms with van der Waals surface area (Å²) in [7, 11) is 0. The first-order chi connectivity index (χ1) is 9.26. The Labute approximate surface area is 112 Å². The maximum absolute atomic E-state index is 12.9. The molecule has 0 radical (unpaired) electrons. The summed E-state index contributed by atoms with van der Waals surface area (Å²) < 4.78 is 7.98. The Morgan fingerprint density at radius 1 is 1.37 bits per heavy atom. The van der Waals surface area contributed by atoms with Gasteiger partial charge in [-0.25, -0.2) is 0 Å². The van der Waals surface area contributed by atoms with Crippen molar-refractivity contribution in [3.05, 3.63) is 24.0 Å². The summed E-state index contributed by atoms with van der Waals surface area (Å²) in [6.07, 6.45) is 5.36. The van der Waals surface area contributed by atoms with Crippen LogP contribution in [0.1, 0.15) is 25.0 Å². The van der Waals surface area contributed by atoms with Gasteiger partial charge in [-0.05, 0) is 30.9 Å². The van der Waals surface area contributed by atoms with Crippen LogP contribution in [0.2, 0.25) is 0 Å². The Kier molecular flexibility index (Phi) is 1.69. The monoisotopic (exact) mass is 258 g/mol. The van der Waals surface area contributed by atoms with Crippen LogP contribution in [0.4, 0.5) is 0 Å². The van der Waals surface area contributed by atoms with E-state index in [1.165, 1.54) is 5.69 Å². The van der Waals surface area contributed by atoms with Crippen LogP contribution in [0.15, 0.2) is 18.3 Å². The zero-order valence-electron chi connectivity index (χ0n) is 11.0. The fourth-order valence-corrected chi connectivity index (χ4v) is 4.18. The molecule has 1 amide bonds. The summed E-state index contributed by atoms with van der Waals surface area (Å²) in [6, 6.07) is 4.27. The van der Waals surface area contributed by atoms with Gasteiger partial charge >= 0.3 is 0 Å². The molecule has 1 unspecified atom stereocenters. The van der Waals surface area contributed by atoms with Crippen molar-refractivity contribution in [2.75, 3.05) is 19.8 Å². The van der Waals surface area contributed by atoms with E-state index >= 15 is 0 Å². The number of ether oxygens (including phenoxy) is 1. The molecule has 3 heterocycles. The molecule has 0 N–H and O–H groups in total. The van der Waals surface area contributed by atoms with Gasteiger partial charge in [0.25, 0.3) is 0 Å². The minimum absolute atomic E-state index is 0.0738. The van der Waals surface area contributed by atoms with Crippen molar-refractivity contribution in [3.8, 4) is 0 Å². The highest BCUT2D eigenvalue weighted by atomic mass is 16.5. The van der Waals surface area contributed by atoms with Crippen LogP contribution in [0.25, 0.3) is 0 Å². The quantitative estimate of drug-likeness (QED) is 0.762. The lowest BCUT2D eigenvalue weighted by atomic mass is 9.89. The second-order valence-electron chi connectivity index (χ2n) is 6.64. The van der Waals surface area contributed by atoms with E-state index in [9.17, 15) is 4.79 Å². The van der Waals surface area contributed by atoms with Crippen LogP contribution >= 0.6 is 0 Å². The molecule has 1 aromatic rings. The zero-order valence-corrected chi connectivity index (χ0v) is 11.0. The summed E-state index contributed by atoms with van der Waals surface area (Å²) in [5.74, 6) is 1.13. The van der Waals surface area contributed by atoms with E-state index in [1.54, 1.807) is 0 Å². The normalized spacial score (nSPS) is 42.1. The topological polar surface area (TPSA) is 34.5 Å². The van der Waals surface area contributed by atoms with Gasteiger partial charge in [-0.1, -0.05) is 0 Å². The smallest absolute Gasteiger partial charge is 0.230 e. The summed E-state index contributed by atoms with van der Waals surface area (Å²) in [4.78, 5) is 15.0. The first-order valence-electron chi connectivity index (χ1n) is 7.32. The van der Waals surface area contributed by atoms with Gasteiger partial charge in [0.1, 0.15) is 5.54 Å². The Morgan fingerprint density at radius 3 is 2.89 bits per heavy atom. The van der Waals surface area contributed by atoms with Gasteiger partial charge in [0.05, 0.1) is 12.0 Å². The number of hydrogen-bond donors (Lipinski definition) is 0. The average molecular weight is 258 g/mol. The molecule has 0 aromatic carbocycles. The number of carbonyl (C=O) groups excluding carboxylic acids is 1. The second-order valence-corrected chi connectivity index (χ2v) is 6.64. The molecule has 1 spiro atoms. The van der Waals surface area contributed by atoms with Gasteiger partial charge in [0.15, 0.2) is 0 Å². The van der Waals surface area contributed by atoms with Crippen molar-refractivity contribution < 1.29 is 9.53 Å². The van der Waals surface area contributed by atoms with Gasteiger partial charge in [-0.15, -0.1) is 0 Å². The van der Waals surface area contributed by atoms with E-state index in [1.807, 2.05) is 0 Å². The van der Waals surface area contributed by atoms with Crippen LogP contribution in [0.3, 0.4) is 0 Å². The molecule has 4 aliphatic rings. The van der Waals surface area contributed by atoms with Crippen LogP contribution < -0.4 is 0 Å². The third-order valence-electron chi connectivity index (χ3n) is 5.74. The van der Waals surface area contributed by atoms with Crippen molar-refractivity contribution in [1.82, 2.24) is 9.47 Å². The number of rotatable bonds is 1. The highest BCUT2D eigenvalue weighted by Crippen LogP contribution is 2.76. The average Bonchev–Trinajstić information content (AvgIpc) is 3.09. The maximum Gasteiger partial charge on any atom is 0.230 e. The predicted molar refractivity (Wildman–Crippen MR) is 68.4 cm³/mol. The van der Waals surface area contributed by atoms with Crippen LogP contribution in [-0.4, -0.2) is 35.1 Å². The molecular formula is C15H18N2O2. The first-order valence-corrected chi connectivity index (χ1v) is 7.32. The fraction of sp³-hybridized carbons (Fsp3) is 0.667. The lowest BCUT2D eigenvalue weighted by Crippen LogP contribution is -2.56. The number of fused-ring (bicyclic) bond motifs is 3. The molecule has 5 rings (SSSR count). The molecule has 0 bridgehead atoms. The van der Waals surface area contributed by atoms with Crippen LogP contribution in [-0.2, 0) is 21.6 Å². The Morgan fingerprint density at radius 2 is 2.21 bits per heavy atom. The Bertz CT molecular complexity index is 564. The summed E-state index contributed by atoms with van der Waals surface area (Å²) in [6.45, 7) is 3.21. The molecule has 1 atom stereocenters. The lowest BCUT2D eigenvalue weighted by molar-refractivity contribution is -0.144. The molecule has 3 fully saturated rings. The molecule has 2 saturated carbocycles. The zero-order chi connectivity index (χ0) is 12.7. The fourth-order valence-electron chi connectivity index (χ4n) is 4.18. The van der Waals surface area contributed by atoms with Gasteiger partial charge in [-0.3, -0.25) is 4.79 Å². The van der Waals surface area contributed by atoms with Crippen molar-refractivity contribution in [2.24, 2.45) is 11.3 Å². The Hall–Kier alpha value is -1.29. The minimum Gasteiger partial charge on any atom is -0.378 e. The van der Waals surface area contributed by atoms with Crippen molar-refractivity contribution in [1.29, 1.82) is 0 Å². The van der Waals surface area contributed by atoms with E-state index in [-0.39, 0.29) is 11.0 Å². The number of carbonyl (C=O) groups is 1. The third kappa shape index (κ3) is 1.12. The van der Waals surface area contributed by atoms with Crippen LogP contribution in [0.5, 0.6) is 0 Å². The van der Waals surface area contributed by atoms with Crippen molar-refractivity contribution in [2.45, 2.75) is 31.3 Å². The van der Waals surface area contributed by atoms with Gasteiger partial charge in [0.2, 0.25) is 5.91 Å². The van der Waals surface area contributed by atoms with E-state index in [0.29, 0.717) is 18.4 Å². The standard InChI is InChI=1S/C15H18N2O2/c18-13(14-8-11(14)9-14)17-6-5-16-4-1-2-12(16)15(17)3-7-19-10-15/h1-2,4,11H,3,5-10H2. The highest BCUT2D eigenvalue weighted by Gasteiger charge is 2.76. The summed E-state index contributed by atoms with van der Waals surface area (Å²) in [5, 5.41) is 0. The molecule has 100 valence electrons. The van der Waals surface area contributed by atoms with E-state index in [0.717, 1.165) is 39.0 Å². The molecule has 19 heavy (non-hydrogen) atoms. The Balaban J connectivity index is 1.60. The number of hydrogen-bond acceptors (Lipinski definition) is 2. The van der Waals surface area contributed by atoms with Crippen molar-refractivity contribution in [3.63, 3.8) is 0 Å². The van der Waals surface area contributed by atoms with Crippen molar-refractivity contribution >= 4 is 5.91 Å². The number of aromatic nitrogens is 1. The van der Waals surface area contributed by atoms with Gasteiger partial charge in [-0.2, -0.15) is 0 Å². The molecule has 1 saturated heterocycles. The predicted octanol–water partition coefficient (Wildman–Crippen LogP) is 1.36. The maximum atomic E-state index is 12.9. The molecule has 2 aliphatic heterocycles. The largest absolute Gasteiger partial charge is 0.378 e. The molecular weight excluding hydrogens is 240 g/mol. The summed E-state index contributed by atoms with van der Waals surface area (Å²) in [5.41, 5.74) is 1.17. The third-order valence-corrected chi connectivity index (χ3v) is 5.74. The van der Waals surface area contributed by atoms with E-state index in [4.69, 9.17) is 4.74 Å². The SMILES string of the molecule is O=C(N1CCn2cccc2C12CCOC2)C12CC1C2. The number of nitrogens with zero attached hydrogens (tertiary/aromatic N) is 2. The summed E-state index contributed by atoms with van der Waals surface area (Å²) >= 11 is 0. The van der Waals surface area contributed by atoms with E-state index in [2.05, 4.69) is 27.8 Å². The molecule has 2 aliphatic carbocycles. The second kappa shape index (κ2) is 3.06.